The van der Waals surface area contributed by atoms with Gasteiger partial charge >= 0.3 is 0 Å². The molecule has 7 heteroatoms. The normalized spacial score (nSPS) is 18.3. The van der Waals surface area contributed by atoms with E-state index >= 15 is 0 Å². The Morgan fingerprint density at radius 3 is 2.23 bits per heavy atom. The molecule has 0 atom stereocenters. The van der Waals surface area contributed by atoms with E-state index in [1.165, 1.54) is 0 Å². The molecule has 0 aromatic heterocycles. The molecule has 0 radical (unpaired) electrons. The van der Waals surface area contributed by atoms with Gasteiger partial charge in [0.25, 0.3) is 11.8 Å². The van der Waals surface area contributed by atoms with Gasteiger partial charge in [-0.2, -0.15) is 0 Å². The number of benzene rings is 2. The van der Waals surface area contributed by atoms with Gasteiger partial charge in [-0.05, 0) is 57.6 Å². The van der Waals surface area contributed by atoms with E-state index < -0.39 is 23.4 Å². The fourth-order valence-electron chi connectivity index (χ4n) is 4.27. The number of aryl methyl sites for hydroxylation is 1. The van der Waals surface area contributed by atoms with Crippen molar-refractivity contribution in [3.05, 3.63) is 70.9 Å². The Balaban J connectivity index is 1.80. The molecule has 162 valence electrons. The van der Waals surface area contributed by atoms with Gasteiger partial charge in [-0.3, -0.25) is 9.59 Å². The van der Waals surface area contributed by atoms with Gasteiger partial charge in [0.15, 0.2) is 0 Å². The fraction of sp³-hybridized carbons (Fsp3) is 0.333. The van der Waals surface area contributed by atoms with Crippen LogP contribution in [0.25, 0.3) is 5.57 Å². The highest BCUT2D eigenvalue weighted by Crippen LogP contribution is 2.37. The van der Waals surface area contributed by atoms with E-state index in [0.29, 0.717) is 11.6 Å². The van der Waals surface area contributed by atoms with Gasteiger partial charge in [-0.15, -0.1) is 0 Å². The molecule has 5 nitrogen and oxygen atoms in total. The minimum atomic E-state index is -0.951. The smallest absolute Gasteiger partial charge is 0.282 e. The highest BCUT2D eigenvalue weighted by atomic mass is 19.1. The van der Waals surface area contributed by atoms with Crippen LogP contribution >= 0.6 is 0 Å². The lowest BCUT2D eigenvalue weighted by atomic mass is 9.99. The lowest BCUT2D eigenvalue weighted by Crippen LogP contribution is -2.43. The summed E-state index contributed by atoms with van der Waals surface area (Å²) in [6, 6.07) is 10.3. The van der Waals surface area contributed by atoms with Crippen LogP contribution in [0.15, 0.2) is 48.2 Å². The van der Waals surface area contributed by atoms with E-state index in [0.717, 1.165) is 48.5 Å². The van der Waals surface area contributed by atoms with E-state index in [-0.39, 0.29) is 23.0 Å². The van der Waals surface area contributed by atoms with Crippen LogP contribution < -0.4 is 4.90 Å². The minimum absolute atomic E-state index is 0.0846. The van der Waals surface area contributed by atoms with Crippen molar-refractivity contribution in [3.63, 3.8) is 0 Å². The number of hydrogen-bond donors (Lipinski definition) is 0. The summed E-state index contributed by atoms with van der Waals surface area (Å²) in [6.45, 7) is 3.72. The van der Waals surface area contributed by atoms with Gasteiger partial charge in [0.2, 0.25) is 0 Å². The second-order valence-electron chi connectivity index (χ2n) is 8.28. The van der Waals surface area contributed by atoms with Crippen LogP contribution in [-0.2, 0) is 9.59 Å². The van der Waals surface area contributed by atoms with Gasteiger partial charge in [0, 0.05) is 19.2 Å². The third-order valence-corrected chi connectivity index (χ3v) is 6.14. The molecule has 0 bridgehead atoms. The molecule has 2 heterocycles. The zero-order valence-corrected chi connectivity index (χ0v) is 17.9. The summed E-state index contributed by atoms with van der Waals surface area (Å²) in [6.07, 6.45) is 1.70. The van der Waals surface area contributed by atoms with Gasteiger partial charge in [0.05, 0.1) is 11.3 Å². The van der Waals surface area contributed by atoms with Crippen LogP contribution in [0.5, 0.6) is 0 Å². The molecule has 0 aliphatic carbocycles. The van der Waals surface area contributed by atoms with Gasteiger partial charge in [-0.1, -0.05) is 29.8 Å². The largest absolute Gasteiger partial charge is 0.366 e. The molecule has 31 heavy (non-hydrogen) atoms. The summed E-state index contributed by atoms with van der Waals surface area (Å²) in [5.41, 5.74) is 1.88. The molecule has 2 aromatic rings. The Hall–Kier alpha value is -3.06. The van der Waals surface area contributed by atoms with Crippen molar-refractivity contribution in [2.24, 2.45) is 0 Å². The maximum Gasteiger partial charge on any atom is 0.282 e. The molecule has 4 rings (SSSR count). The Bertz CT molecular complexity index is 1060. The third kappa shape index (κ3) is 3.85. The second kappa shape index (κ2) is 8.23. The molecule has 2 aromatic carbocycles. The van der Waals surface area contributed by atoms with Crippen LogP contribution in [0.4, 0.5) is 14.5 Å². The molecule has 1 fully saturated rings. The van der Waals surface area contributed by atoms with Gasteiger partial charge in [-0.25, -0.2) is 13.7 Å². The minimum Gasteiger partial charge on any atom is -0.366 e. The molecular formula is C24H25F2N3O2. The topological polar surface area (TPSA) is 43.9 Å². The first-order chi connectivity index (χ1) is 14.8. The Morgan fingerprint density at radius 1 is 0.968 bits per heavy atom. The zero-order valence-electron chi connectivity index (χ0n) is 17.9. The Kier molecular flexibility index (Phi) is 5.62. The first-order valence-electron chi connectivity index (χ1n) is 10.3. The molecule has 0 saturated carbocycles. The summed E-state index contributed by atoms with van der Waals surface area (Å²) >= 11 is 0. The summed E-state index contributed by atoms with van der Waals surface area (Å²) in [5, 5.41) is 0. The van der Waals surface area contributed by atoms with Crippen molar-refractivity contribution in [3.8, 4) is 0 Å². The van der Waals surface area contributed by atoms with E-state index in [1.54, 1.807) is 12.1 Å². The molecule has 2 aliphatic rings. The van der Waals surface area contributed by atoms with Gasteiger partial charge < -0.3 is 9.80 Å². The molecule has 2 amide bonds. The third-order valence-electron chi connectivity index (χ3n) is 6.14. The lowest BCUT2D eigenvalue weighted by Gasteiger charge is -2.36. The average Bonchev–Trinajstić information content (AvgIpc) is 2.99. The number of anilines is 1. The quantitative estimate of drug-likeness (QED) is 0.703. The summed E-state index contributed by atoms with van der Waals surface area (Å²) < 4.78 is 28.0. The number of rotatable bonds is 4. The number of imide groups is 1. The SMILES string of the molecule is Cc1ccc(C2=C(N(C)C3CCN(C)CC3)C(=O)N(c3ccc(F)cc3F)C2=O)cc1. The molecular weight excluding hydrogens is 400 g/mol. The number of likely N-dealkylation sites (N-methyl/N-ethyl adjacent to an activating group) is 1. The first-order valence-corrected chi connectivity index (χ1v) is 10.3. The number of carbonyl (C=O) groups excluding carboxylic acids is 2. The summed E-state index contributed by atoms with van der Waals surface area (Å²) in [5.74, 6) is -2.91. The number of likely N-dealkylation sites (tertiary alicyclic amines) is 1. The monoisotopic (exact) mass is 425 g/mol. The number of carbonyl (C=O) groups is 2. The lowest BCUT2D eigenvalue weighted by molar-refractivity contribution is -0.120. The average molecular weight is 425 g/mol. The van der Waals surface area contributed by atoms with E-state index in [1.807, 2.05) is 31.0 Å². The maximum absolute atomic E-state index is 14.5. The van der Waals surface area contributed by atoms with Crippen molar-refractivity contribution in [2.45, 2.75) is 25.8 Å². The number of hydrogen-bond acceptors (Lipinski definition) is 4. The molecule has 2 aliphatic heterocycles. The standard InChI is InChI=1S/C24H25F2N3O2/c1-15-4-6-16(7-5-15)21-22(28(3)18-10-12-27(2)13-11-18)24(31)29(23(21)30)20-9-8-17(25)14-19(20)26/h4-9,14,18H,10-13H2,1-3H3. The van der Waals surface area contributed by atoms with Crippen molar-refractivity contribution < 1.29 is 18.4 Å². The molecule has 0 unspecified atom stereocenters. The maximum atomic E-state index is 14.5. The number of nitrogens with zero attached hydrogens (tertiary/aromatic N) is 3. The predicted octanol–water partition coefficient (Wildman–Crippen LogP) is 3.58. The van der Waals surface area contributed by atoms with Crippen molar-refractivity contribution >= 4 is 23.1 Å². The van der Waals surface area contributed by atoms with Crippen molar-refractivity contribution in [1.82, 2.24) is 9.80 Å². The highest BCUT2D eigenvalue weighted by Gasteiger charge is 2.44. The second-order valence-corrected chi connectivity index (χ2v) is 8.28. The van der Waals surface area contributed by atoms with E-state index in [9.17, 15) is 18.4 Å². The molecule has 0 N–H and O–H groups in total. The predicted molar refractivity (Wildman–Crippen MR) is 115 cm³/mol. The van der Waals surface area contributed by atoms with Crippen LogP contribution in [0.1, 0.15) is 24.0 Å². The Morgan fingerprint density at radius 2 is 1.61 bits per heavy atom. The zero-order chi connectivity index (χ0) is 22.3. The van der Waals surface area contributed by atoms with Crippen LogP contribution in [-0.4, -0.2) is 54.8 Å². The van der Waals surface area contributed by atoms with Crippen LogP contribution in [0.2, 0.25) is 0 Å². The van der Waals surface area contributed by atoms with Crippen LogP contribution in [0, 0.1) is 18.6 Å². The van der Waals surface area contributed by atoms with Crippen molar-refractivity contribution in [1.29, 1.82) is 0 Å². The number of halogens is 2. The van der Waals surface area contributed by atoms with Crippen molar-refractivity contribution in [2.75, 3.05) is 32.1 Å². The van der Waals surface area contributed by atoms with E-state index in [2.05, 4.69) is 11.9 Å². The summed E-state index contributed by atoms with van der Waals surface area (Å²) in [4.78, 5) is 31.8. The van der Waals surface area contributed by atoms with E-state index in [4.69, 9.17) is 0 Å². The van der Waals surface area contributed by atoms with Gasteiger partial charge in [0.1, 0.15) is 17.3 Å². The summed E-state index contributed by atoms with van der Waals surface area (Å²) in [7, 11) is 3.87. The Labute approximate surface area is 180 Å². The fourth-order valence-corrected chi connectivity index (χ4v) is 4.27. The molecule has 0 spiro atoms. The highest BCUT2D eigenvalue weighted by molar-refractivity contribution is 6.45. The first kappa shape index (κ1) is 21.2. The van der Waals surface area contributed by atoms with Crippen LogP contribution in [0.3, 0.4) is 0 Å². The number of piperidine rings is 1. The number of amides is 2. The molecule has 1 saturated heterocycles.